The van der Waals surface area contributed by atoms with E-state index in [4.69, 9.17) is 9.47 Å². The second-order valence-electron chi connectivity index (χ2n) is 10.7. The van der Waals surface area contributed by atoms with Crippen LogP contribution in [-0.4, -0.2) is 55.6 Å². The van der Waals surface area contributed by atoms with Gasteiger partial charge in [0.05, 0.1) is 46.8 Å². The summed E-state index contributed by atoms with van der Waals surface area (Å²) in [4.78, 5) is 33.4. The van der Waals surface area contributed by atoms with E-state index in [0.717, 1.165) is 15.7 Å². The fraction of sp³-hybridized carbons (Fsp3) is 0.345. The fourth-order valence-corrected chi connectivity index (χ4v) is 6.91. The lowest BCUT2D eigenvalue weighted by atomic mass is 9.66. The summed E-state index contributed by atoms with van der Waals surface area (Å²) in [5, 5.41) is 27.7. The number of rotatable bonds is 5. The summed E-state index contributed by atoms with van der Waals surface area (Å²) in [6.45, 7) is 1.86. The molecule has 1 N–H and O–H groups in total. The number of imide groups is 1. The summed E-state index contributed by atoms with van der Waals surface area (Å²) in [7, 11) is 1.78. The lowest BCUT2D eigenvalue weighted by Gasteiger charge is -2.33. The predicted molar refractivity (Wildman–Crippen MR) is 140 cm³/mol. The van der Waals surface area contributed by atoms with E-state index in [-0.39, 0.29) is 30.7 Å². The number of ether oxygens (including phenoxy) is 2. The van der Waals surface area contributed by atoms with Crippen LogP contribution in [0.1, 0.15) is 25.3 Å². The Morgan fingerprint density at radius 3 is 2.72 bits per heavy atom. The zero-order valence-electron chi connectivity index (χ0n) is 21.4. The van der Waals surface area contributed by atoms with Gasteiger partial charge in [0.1, 0.15) is 11.7 Å². The van der Waals surface area contributed by atoms with Crippen molar-refractivity contribution in [3.63, 3.8) is 0 Å². The Balaban J connectivity index is 1.23. The maximum atomic E-state index is 14.0. The van der Waals surface area contributed by atoms with Crippen LogP contribution in [0.3, 0.4) is 0 Å². The minimum atomic E-state index is -1.22. The molecule has 0 radical (unpaired) electrons. The maximum Gasteiger partial charge on any atom is 0.242 e. The minimum absolute atomic E-state index is 0.161. The molecule has 0 saturated carbocycles. The van der Waals surface area contributed by atoms with E-state index in [2.05, 4.69) is 16.2 Å². The molecule has 0 spiro atoms. The first-order chi connectivity index (χ1) is 18.8. The number of nitriles is 1. The van der Waals surface area contributed by atoms with Crippen LogP contribution in [0.15, 0.2) is 54.7 Å². The first-order valence-electron chi connectivity index (χ1n) is 12.9. The number of carbonyl (C=O) groups is 2. The van der Waals surface area contributed by atoms with E-state index in [9.17, 15) is 20.0 Å². The van der Waals surface area contributed by atoms with Gasteiger partial charge in [0, 0.05) is 31.5 Å². The summed E-state index contributed by atoms with van der Waals surface area (Å²) in [6.07, 6.45) is 1.23. The number of aliphatic hydroxyl groups is 1. The number of benzene rings is 2. The number of carbonyl (C=O) groups excluding carboxylic acids is 2. The van der Waals surface area contributed by atoms with Crippen LogP contribution < -0.4 is 9.64 Å². The summed E-state index contributed by atoms with van der Waals surface area (Å²) < 4.78 is 14.1. The highest BCUT2D eigenvalue weighted by molar-refractivity contribution is 6.24. The van der Waals surface area contributed by atoms with Gasteiger partial charge < -0.3 is 14.6 Å². The van der Waals surface area contributed by atoms with Crippen LogP contribution in [0.2, 0.25) is 0 Å². The van der Waals surface area contributed by atoms with Crippen LogP contribution in [-0.2, 0) is 21.4 Å². The molecule has 2 bridgehead atoms. The average Bonchev–Trinajstić information content (AvgIpc) is 3.58. The Labute approximate surface area is 223 Å². The summed E-state index contributed by atoms with van der Waals surface area (Å²) in [6, 6.07) is 16.7. The maximum absolute atomic E-state index is 14.0. The predicted octanol–water partition coefficient (Wildman–Crippen LogP) is 2.86. The molecular weight excluding hydrogens is 498 g/mol. The normalized spacial score (nSPS) is 29.4. The molecule has 2 amide bonds. The number of aliphatic hydroxyl groups excluding tert-OH is 1. The first kappa shape index (κ1) is 23.8. The van der Waals surface area contributed by atoms with Gasteiger partial charge in [-0.1, -0.05) is 30.3 Å². The molecule has 2 aromatic carbocycles. The molecule has 0 aliphatic carbocycles. The van der Waals surface area contributed by atoms with Crippen molar-refractivity contribution in [3.05, 3.63) is 60.3 Å². The molecule has 3 aliphatic heterocycles. The average molecular weight is 524 g/mol. The third-order valence-electron chi connectivity index (χ3n) is 8.70. The van der Waals surface area contributed by atoms with Gasteiger partial charge in [-0.15, -0.1) is 5.10 Å². The number of hydrogen-bond acceptors (Lipinski definition) is 8. The fourth-order valence-electron chi connectivity index (χ4n) is 6.91. The van der Waals surface area contributed by atoms with Gasteiger partial charge in [-0.3, -0.25) is 9.59 Å². The highest BCUT2D eigenvalue weighted by atomic mass is 16.6. The summed E-state index contributed by atoms with van der Waals surface area (Å²) in [5.41, 5.74) is -1.11. The number of amides is 2. The summed E-state index contributed by atoms with van der Waals surface area (Å²) in [5.74, 6) is -2.13. The lowest BCUT2D eigenvalue weighted by Crippen LogP contribution is -2.49. The second-order valence-corrected chi connectivity index (χ2v) is 10.7. The van der Waals surface area contributed by atoms with Crippen LogP contribution in [0.4, 0.5) is 5.69 Å². The van der Waals surface area contributed by atoms with Crippen molar-refractivity contribution < 1.29 is 24.2 Å². The van der Waals surface area contributed by atoms with E-state index in [1.54, 1.807) is 49.1 Å². The third kappa shape index (κ3) is 3.08. The van der Waals surface area contributed by atoms with Gasteiger partial charge >= 0.3 is 0 Å². The van der Waals surface area contributed by atoms with Crippen molar-refractivity contribution >= 4 is 39.3 Å². The molecule has 39 heavy (non-hydrogen) atoms. The van der Waals surface area contributed by atoms with Crippen molar-refractivity contribution in [1.82, 2.24) is 14.8 Å². The molecule has 3 aliphatic rings. The Morgan fingerprint density at radius 1 is 1.13 bits per heavy atom. The van der Waals surface area contributed by atoms with Crippen molar-refractivity contribution in [2.24, 2.45) is 18.9 Å². The number of hydrogen-bond donors (Lipinski definition) is 1. The van der Waals surface area contributed by atoms with Crippen LogP contribution >= 0.6 is 0 Å². The van der Waals surface area contributed by atoms with Gasteiger partial charge in [0.2, 0.25) is 17.7 Å². The Morgan fingerprint density at radius 2 is 1.90 bits per heavy atom. The van der Waals surface area contributed by atoms with E-state index < -0.39 is 41.0 Å². The highest BCUT2D eigenvalue weighted by Crippen LogP contribution is 2.62. The molecule has 3 fully saturated rings. The molecule has 5 atom stereocenters. The Bertz CT molecular complexity index is 1740. The molecule has 5 unspecified atom stereocenters. The van der Waals surface area contributed by atoms with Crippen LogP contribution in [0, 0.1) is 23.2 Å². The van der Waals surface area contributed by atoms with Crippen molar-refractivity contribution in [3.8, 4) is 11.9 Å². The molecule has 10 nitrogen and oxygen atoms in total. The number of fused-ring (bicyclic) bond motifs is 7. The molecule has 2 aromatic heterocycles. The zero-order chi connectivity index (χ0) is 27.1. The number of aryl methyl sites for hydroxylation is 1. The quantitative estimate of drug-likeness (QED) is 0.395. The SMILES string of the molecule is Cn1nc(OCCC23CC(O)C(C)(O2)C2C(=O)N(c4ccc5ccccc5c4C#N)C(=O)C23)c2cccnc21. The number of nitrogens with zero attached hydrogens (tertiary/aromatic N) is 5. The summed E-state index contributed by atoms with van der Waals surface area (Å²) >= 11 is 0. The molecule has 5 heterocycles. The molecule has 196 valence electrons. The number of pyridine rings is 1. The van der Waals surface area contributed by atoms with Crippen LogP contribution in [0.5, 0.6) is 5.88 Å². The zero-order valence-corrected chi connectivity index (χ0v) is 21.4. The van der Waals surface area contributed by atoms with E-state index in [1.807, 2.05) is 24.3 Å². The topological polar surface area (TPSA) is 131 Å². The van der Waals surface area contributed by atoms with E-state index in [1.165, 1.54) is 0 Å². The van der Waals surface area contributed by atoms with E-state index >= 15 is 0 Å². The standard InChI is InChI=1S/C29H25N5O5/c1-28-21(35)14-29(39-28,11-13-38-25-18-8-5-12-31-24(18)33(2)32-25)23-22(28)26(36)34(27(23)37)20-10-9-16-6-3-4-7-17(16)19(20)15-30/h3-10,12,21-23,35H,11,13-14H2,1-2H3. The molecular formula is C29H25N5O5. The van der Waals surface area contributed by atoms with Crippen molar-refractivity contribution in [2.45, 2.75) is 37.1 Å². The molecule has 3 saturated heterocycles. The second kappa shape index (κ2) is 8.09. The van der Waals surface area contributed by atoms with Gasteiger partial charge in [-0.25, -0.2) is 14.6 Å². The Kier molecular flexibility index (Phi) is 4.93. The highest BCUT2D eigenvalue weighted by Gasteiger charge is 2.77. The van der Waals surface area contributed by atoms with Gasteiger partial charge in [-0.05, 0) is 30.5 Å². The smallest absolute Gasteiger partial charge is 0.242 e. The van der Waals surface area contributed by atoms with Gasteiger partial charge in [-0.2, -0.15) is 5.26 Å². The third-order valence-corrected chi connectivity index (χ3v) is 8.70. The van der Waals surface area contributed by atoms with Crippen molar-refractivity contribution in [2.75, 3.05) is 11.5 Å². The monoisotopic (exact) mass is 523 g/mol. The van der Waals surface area contributed by atoms with E-state index in [0.29, 0.717) is 16.9 Å². The van der Waals surface area contributed by atoms with Crippen molar-refractivity contribution in [1.29, 1.82) is 5.26 Å². The van der Waals surface area contributed by atoms with Gasteiger partial charge in [0.25, 0.3) is 0 Å². The largest absolute Gasteiger partial charge is 0.476 e. The lowest BCUT2D eigenvalue weighted by molar-refractivity contribution is -0.134. The first-order valence-corrected chi connectivity index (χ1v) is 12.9. The Hall–Kier alpha value is -4.33. The number of aromatic nitrogens is 3. The van der Waals surface area contributed by atoms with Crippen LogP contribution in [0.25, 0.3) is 21.8 Å². The minimum Gasteiger partial charge on any atom is -0.476 e. The van der Waals surface area contributed by atoms with Gasteiger partial charge in [0.15, 0.2) is 5.65 Å². The molecule has 10 heteroatoms. The molecule has 7 rings (SSSR count). The number of anilines is 1. The molecule has 4 aromatic rings.